The molecule has 0 unspecified atom stereocenters. The molecule has 6 nitrogen and oxygen atoms in total. The molecular weight excluding hydrogens is 284 g/mol. The zero-order valence-electron chi connectivity index (χ0n) is 13.0. The van der Waals surface area contributed by atoms with E-state index in [0.717, 1.165) is 18.7 Å². The van der Waals surface area contributed by atoms with Crippen molar-refractivity contribution < 1.29 is 19.1 Å². The first-order valence-corrected chi connectivity index (χ1v) is 7.39. The number of hydrogen-bond donors (Lipinski definition) is 1. The van der Waals surface area contributed by atoms with Crippen molar-refractivity contribution in [2.24, 2.45) is 0 Å². The summed E-state index contributed by atoms with van der Waals surface area (Å²) in [7, 11) is 0. The van der Waals surface area contributed by atoms with Crippen LogP contribution in [-0.4, -0.2) is 48.7 Å². The number of esters is 1. The van der Waals surface area contributed by atoms with Gasteiger partial charge in [0.25, 0.3) is 0 Å². The highest BCUT2D eigenvalue weighted by Crippen LogP contribution is 2.15. The van der Waals surface area contributed by atoms with Crippen LogP contribution in [-0.2, 0) is 20.9 Å². The molecule has 22 heavy (non-hydrogen) atoms. The number of nitrogens with one attached hydrogen (secondary N) is 1. The standard InChI is InChI=1S/C16H22N2O4/c1-16(2,22-15(20)18-10-8-17-9-11-18)14(19)21-12-13-6-4-3-5-7-13/h3-7,17H,8-12H2,1-2H3. The van der Waals surface area contributed by atoms with E-state index in [1.807, 2.05) is 30.3 Å². The van der Waals surface area contributed by atoms with Gasteiger partial charge in [-0.2, -0.15) is 0 Å². The zero-order chi connectivity index (χ0) is 16.0. The van der Waals surface area contributed by atoms with Crippen LogP contribution in [0.25, 0.3) is 0 Å². The van der Waals surface area contributed by atoms with E-state index < -0.39 is 17.7 Å². The van der Waals surface area contributed by atoms with Crippen molar-refractivity contribution in [1.82, 2.24) is 10.2 Å². The van der Waals surface area contributed by atoms with Crippen LogP contribution >= 0.6 is 0 Å². The fraction of sp³-hybridized carbons (Fsp3) is 0.500. The molecule has 1 heterocycles. The minimum atomic E-state index is -1.31. The first kappa shape index (κ1) is 16.3. The SMILES string of the molecule is CC(C)(OC(=O)N1CCNCC1)C(=O)OCc1ccccc1. The van der Waals surface area contributed by atoms with E-state index in [1.165, 1.54) is 0 Å². The molecule has 1 saturated heterocycles. The maximum atomic E-state index is 12.1. The van der Waals surface area contributed by atoms with Gasteiger partial charge in [0.1, 0.15) is 6.61 Å². The summed E-state index contributed by atoms with van der Waals surface area (Å²) >= 11 is 0. The van der Waals surface area contributed by atoms with Crippen LogP contribution in [0.3, 0.4) is 0 Å². The van der Waals surface area contributed by atoms with Gasteiger partial charge in [-0.15, -0.1) is 0 Å². The third-order valence-electron chi connectivity index (χ3n) is 3.42. The van der Waals surface area contributed by atoms with Crippen molar-refractivity contribution in [3.05, 3.63) is 35.9 Å². The van der Waals surface area contributed by atoms with E-state index in [-0.39, 0.29) is 6.61 Å². The number of amides is 1. The maximum absolute atomic E-state index is 12.1. The molecular formula is C16H22N2O4. The molecule has 1 amide bonds. The first-order valence-electron chi connectivity index (χ1n) is 7.39. The molecule has 1 N–H and O–H groups in total. The van der Waals surface area contributed by atoms with Crippen LogP contribution in [0.2, 0.25) is 0 Å². The molecule has 2 rings (SSSR count). The summed E-state index contributed by atoms with van der Waals surface area (Å²) in [6, 6.07) is 9.38. The van der Waals surface area contributed by atoms with Crippen LogP contribution in [0, 0.1) is 0 Å². The number of carbonyl (C=O) groups excluding carboxylic acids is 2. The lowest BCUT2D eigenvalue weighted by Gasteiger charge is -2.30. The van der Waals surface area contributed by atoms with Crippen LogP contribution in [0.15, 0.2) is 30.3 Å². The van der Waals surface area contributed by atoms with Crippen LogP contribution < -0.4 is 5.32 Å². The fourth-order valence-electron chi connectivity index (χ4n) is 2.07. The summed E-state index contributed by atoms with van der Waals surface area (Å²) in [5.74, 6) is -0.556. The second-order valence-corrected chi connectivity index (χ2v) is 5.68. The van der Waals surface area contributed by atoms with E-state index in [9.17, 15) is 9.59 Å². The molecule has 1 aliphatic rings. The van der Waals surface area contributed by atoms with Gasteiger partial charge in [0.15, 0.2) is 0 Å². The van der Waals surface area contributed by atoms with Crippen LogP contribution in [0.5, 0.6) is 0 Å². The van der Waals surface area contributed by atoms with Gasteiger partial charge < -0.3 is 19.7 Å². The Labute approximate surface area is 130 Å². The Morgan fingerprint density at radius 1 is 1.18 bits per heavy atom. The average Bonchev–Trinajstić information content (AvgIpc) is 2.54. The molecule has 1 aromatic rings. The van der Waals surface area contributed by atoms with E-state index >= 15 is 0 Å². The van der Waals surface area contributed by atoms with E-state index in [1.54, 1.807) is 18.7 Å². The fourth-order valence-corrected chi connectivity index (χ4v) is 2.07. The topological polar surface area (TPSA) is 67.9 Å². The van der Waals surface area contributed by atoms with Crippen molar-refractivity contribution in [2.45, 2.75) is 26.1 Å². The average molecular weight is 306 g/mol. The largest absolute Gasteiger partial charge is 0.458 e. The summed E-state index contributed by atoms with van der Waals surface area (Å²) in [4.78, 5) is 25.8. The minimum Gasteiger partial charge on any atom is -0.458 e. The van der Waals surface area contributed by atoms with Crippen molar-refractivity contribution in [3.63, 3.8) is 0 Å². The number of benzene rings is 1. The Balaban J connectivity index is 1.85. The van der Waals surface area contributed by atoms with Crippen molar-refractivity contribution in [3.8, 4) is 0 Å². The second-order valence-electron chi connectivity index (χ2n) is 5.68. The summed E-state index contributed by atoms with van der Waals surface area (Å²) < 4.78 is 10.5. The highest BCUT2D eigenvalue weighted by Gasteiger charge is 2.35. The Morgan fingerprint density at radius 3 is 2.45 bits per heavy atom. The van der Waals surface area contributed by atoms with E-state index in [0.29, 0.717) is 13.1 Å². The Hall–Kier alpha value is -2.08. The van der Waals surface area contributed by atoms with Gasteiger partial charge >= 0.3 is 12.1 Å². The number of carbonyl (C=O) groups is 2. The summed E-state index contributed by atoms with van der Waals surface area (Å²) in [6.07, 6.45) is -0.483. The molecule has 0 atom stereocenters. The van der Waals surface area contributed by atoms with Crippen molar-refractivity contribution in [2.75, 3.05) is 26.2 Å². The molecule has 1 fully saturated rings. The van der Waals surface area contributed by atoms with E-state index in [4.69, 9.17) is 9.47 Å². The molecule has 120 valence electrons. The Kier molecular flexibility index (Phi) is 5.38. The molecule has 0 aliphatic carbocycles. The van der Waals surface area contributed by atoms with Gasteiger partial charge in [0.2, 0.25) is 5.60 Å². The summed E-state index contributed by atoms with van der Waals surface area (Å²) in [5.41, 5.74) is -0.420. The van der Waals surface area contributed by atoms with Gasteiger partial charge in [-0.05, 0) is 19.4 Å². The molecule has 6 heteroatoms. The molecule has 0 aromatic heterocycles. The minimum absolute atomic E-state index is 0.161. The lowest BCUT2D eigenvalue weighted by atomic mass is 10.1. The summed E-state index contributed by atoms with van der Waals surface area (Å²) in [5, 5.41) is 3.15. The highest BCUT2D eigenvalue weighted by atomic mass is 16.6. The normalized spacial score (nSPS) is 15.3. The monoisotopic (exact) mass is 306 g/mol. The zero-order valence-corrected chi connectivity index (χ0v) is 13.0. The quantitative estimate of drug-likeness (QED) is 0.855. The van der Waals surface area contributed by atoms with Gasteiger partial charge in [-0.1, -0.05) is 30.3 Å². The van der Waals surface area contributed by atoms with E-state index in [2.05, 4.69) is 5.32 Å². The number of hydrogen-bond acceptors (Lipinski definition) is 5. The Morgan fingerprint density at radius 2 is 1.82 bits per heavy atom. The molecule has 0 spiro atoms. The van der Waals surface area contributed by atoms with Gasteiger partial charge in [0.05, 0.1) is 0 Å². The number of ether oxygens (including phenoxy) is 2. The number of piperazine rings is 1. The predicted octanol–water partition coefficient (Wildman–Crippen LogP) is 1.55. The third kappa shape index (κ3) is 4.46. The molecule has 1 aromatic carbocycles. The number of nitrogens with zero attached hydrogens (tertiary/aromatic N) is 1. The molecule has 0 bridgehead atoms. The lowest BCUT2D eigenvalue weighted by Crippen LogP contribution is -2.50. The van der Waals surface area contributed by atoms with Crippen LogP contribution in [0.4, 0.5) is 4.79 Å². The van der Waals surface area contributed by atoms with Gasteiger partial charge in [-0.3, -0.25) is 0 Å². The van der Waals surface area contributed by atoms with Crippen molar-refractivity contribution >= 4 is 12.1 Å². The van der Waals surface area contributed by atoms with Crippen LogP contribution in [0.1, 0.15) is 19.4 Å². The highest BCUT2D eigenvalue weighted by molar-refractivity contribution is 5.82. The maximum Gasteiger partial charge on any atom is 0.410 e. The third-order valence-corrected chi connectivity index (χ3v) is 3.42. The molecule has 1 aliphatic heterocycles. The molecule has 0 saturated carbocycles. The van der Waals surface area contributed by atoms with Crippen molar-refractivity contribution in [1.29, 1.82) is 0 Å². The Bertz CT molecular complexity index is 510. The van der Waals surface area contributed by atoms with Gasteiger partial charge in [-0.25, -0.2) is 9.59 Å². The summed E-state index contributed by atoms with van der Waals surface area (Å²) in [6.45, 7) is 5.86. The lowest BCUT2D eigenvalue weighted by molar-refractivity contribution is -0.164. The number of rotatable bonds is 4. The smallest absolute Gasteiger partial charge is 0.410 e. The van der Waals surface area contributed by atoms with Gasteiger partial charge in [0, 0.05) is 26.2 Å². The predicted molar refractivity (Wildman–Crippen MR) is 81.2 cm³/mol. The first-order chi connectivity index (χ1) is 10.5. The second kappa shape index (κ2) is 7.26. The molecule has 0 radical (unpaired) electrons.